The minimum atomic E-state index is -0.350. The molecule has 0 aliphatic carbocycles. The van der Waals surface area contributed by atoms with Gasteiger partial charge < -0.3 is 4.90 Å². The Morgan fingerprint density at radius 1 is 1.22 bits per heavy atom. The number of hydrogen-bond donors (Lipinski definition) is 0. The van der Waals surface area contributed by atoms with E-state index in [9.17, 15) is 5.26 Å². The van der Waals surface area contributed by atoms with E-state index in [1.807, 2.05) is 18.2 Å². The first-order chi connectivity index (χ1) is 8.53. The highest BCUT2D eigenvalue weighted by molar-refractivity contribution is 5.33. The normalized spacial score (nSPS) is 14.5. The SMILES string of the molecule is CC(C)[C@](C#N)(CCCN(C)C)c1ccccc1. The van der Waals surface area contributed by atoms with Crippen LogP contribution in [0.25, 0.3) is 0 Å². The molecule has 1 rings (SSSR count). The van der Waals surface area contributed by atoms with Crippen molar-refractivity contribution in [3.8, 4) is 6.07 Å². The summed E-state index contributed by atoms with van der Waals surface area (Å²) in [5, 5.41) is 9.70. The van der Waals surface area contributed by atoms with Gasteiger partial charge in [-0.15, -0.1) is 0 Å². The number of nitrogens with zero attached hydrogens (tertiary/aromatic N) is 2. The van der Waals surface area contributed by atoms with E-state index in [0.29, 0.717) is 5.92 Å². The molecule has 0 fully saturated rings. The maximum atomic E-state index is 9.70. The summed E-state index contributed by atoms with van der Waals surface area (Å²) in [7, 11) is 4.15. The second-order valence-electron chi connectivity index (χ2n) is 5.51. The van der Waals surface area contributed by atoms with Crippen LogP contribution in [0.3, 0.4) is 0 Å². The van der Waals surface area contributed by atoms with E-state index < -0.39 is 0 Å². The molecule has 0 unspecified atom stereocenters. The predicted octanol–water partition coefficient (Wildman–Crippen LogP) is 3.45. The lowest BCUT2D eigenvalue weighted by atomic mass is 9.70. The lowest BCUT2D eigenvalue weighted by Gasteiger charge is -2.31. The van der Waals surface area contributed by atoms with E-state index in [-0.39, 0.29) is 5.41 Å². The second-order valence-corrected chi connectivity index (χ2v) is 5.51. The van der Waals surface area contributed by atoms with Crippen LogP contribution in [0.15, 0.2) is 30.3 Å². The highest BCUT2D eigenvalue weighted by Gasteiger charge is 2.35. The molecule has 0 saturated carbocycles. The largest absolute Gasteiger partial charge is 0.309 e. The molecule has 0 aliphatic heterocycles. The summed E-state index contributed by atoms with van der Waals surface area (Å²) in [5.41, 5.74) is 0.804. The van der Waals surface area contributed by atoms with Crippen LogP contribution in [0, 0.1) is 17.2 Å². The van der Waals surface area contributed by atoms with Crippen molar-refractivity contribution >= 4 is 0 Å². The molecule has 2 heteroatoms. The standard InChI is InChI=1S/C16H24N2/c1-14(2)16(13-17,11-8-12-18(3)4)15-9-6-5-7-10-15/h5-7,9-10,14H,8,11-12H2,1-4H3/t16-/m1/s1. The van der Waals surface area contributed by atoms with Gasteiger partial charge in [0.15, 0.2) is 0 Å². The third-order valence-electron chi connectivity index (χ3n) is 3.65. The van der Waals surface area contributed by atoms with Crippen molar-refractivity contribution < 1.29 is 0 Å². The van der Waals surface area contributed by atoms with Gasteiger partial charge >= 0.3 is 0 Å². The summed E-state index contributed by atoms with van der Waals surface area (Å²) in [6, 6.07) is 12.8. The van der Waals surface area contributed by atoms with E-state index in [2.05, 4.69) is 51.0 Å². The van der Waals surface area contributed by atoms with Crippen LogP contribution < -0.4 is 0 Å². The molecule has 0 aromatic heterocycles. The van der Waals surface area contributed by atoms with E-state index in [1.54, 1.807) is 0 Å². The highest BCUT2D eigenvalue weighted by Crippen LogP contribution is 2.36. The monoisotopic (exact) mass is 244 g/mol. The molecule has 1 atom stereocenters. The van der Waals surface area contributed by atoms with Crippen molar-refractivity contribution in [3.05, 3.63) is 35.9 Å². The molecule has 1 aromatic rings. The lowest BCUT2D eigenvalue weighted by molar-refractivity contribution is 0.322. The van der Waals surface area contributed by atoms with Gasteiger partial charge in [0, 0.05) is 0 Å². The van der Waals surface area contributed by atoms with Crippen LogP contribution in [-0.2, 0) is 5.41 Å². The fourth-order valence-electron chi connectivity index (χ4n) is 2.43. The molecule has 2 nitrogen and oxygen atoms in total. The Hall–Kier alpha value is -1.33. The molecule has 0 saturated heterocycles. The molecule has 0 radical (unpaired) electrons. The highest BCUT2D eigenvalue weighted by atomic mass is 15.0. The van der Waals surface area contributed by atoms with E-state index in [4.69, 9.17) is 0 Å². The zero-order valence-corrected chi connectivity index (χ0v) is 12.0. The van der Waals surface area contributed by atoms with Crippen LogP contribution >= 0.6 is 0 Å². The van der Waals surface area contributed by atoms with Gasteiger partial charge in [0.05, 0.1) is 11.5 Å². The molecule has 0 aliphatic rings. The maximum absolute atomic E-state index is 9.70. The molecule has 1 aromatic carbocycles. The summed E-state index contributed by atoms with van der Waals surface area (Å²) >= 11 is 0. The van der Waals surface area contributed by atoms with Crippen LogP contribution in [0.1, 0.15) is 32.3 Å². The fourth-order valence-corrected chi connectivity index (χ4v) is 2.43. The molecule has 0 spiro atoms. The fraction of sp³-hybridized carbons (Fsp3) is 0.562. The van der Waals surface area contributed by atoms with Gasteiger partial charge in [0.25, 0.3) is 0 Å². The Labute approximate surface area is 111 Å². The van der Waals surface area contributed by atoms with Crippen molar-refractivity contribution in [1.29, 1.82) is 5.26 Å². The van der Waals surface area contributed by atoms with Gasteiger partial charge in [0.2, 0.25) is 0 Å². The molecular weight excluding hydrogens is 220 g/mol. The summed E-state index contributed by atoms with van der Waals surface area (Å²) in [6.45, 7) is 5.32. The molecule has 98 valence electrons. The van der Waals surface area contributed by atoms with Crippen molar-refractivity contribution in [3.63, 3.8) is 0 Å². The Bertz CT molecular complexity index is 389. The number of hydrogen-bond acceptors (Lipinski definition) is 2. The Balaban J connectivity index is 2.93. The van der Waals surface area contributed by atoms with Crippen molar-refractivity contribution in [2.75, 3.05) is 20.6 Å². The summed E-state index contributed by atoms with van der Waals surface area (Å²) < 4.78 is 0. The van der Waals surface area contributed by atoms with Crippen molar-refractivity contribution in [2.45, 2.75) is 32.1 Å². The second kappa shape index (κ2) is 6.56. The number of nitriles is 1. The van der Waals surface area contributed by atoms with Crippen LogP contribution in [-0.4, -0.2) is 25.5 Å². The van der Waals surface area contributed by atoms with Gasteiger partial charge in [-0.05, 0) is 45.0 Å². The molecule has 18 heavy (non-hydrogen) atoms. The third kappa shape index (κ3) is 3.34. The first-order valence-corrected chi connectivity index (χ1v) is 6.64. The van der Waals surface area contributed by atoms with Crippen molar-refractivity contribution in [2.24, 2.45) is 5.92 Å². The first-order valence-electron chi connectivity index (χ1n) is 6.64. The molecular formula is C16H24N2. The van der Waals surface area contributed by atoms with Gasteiger partial charge in [-0.1, -0.05) is 44.2 Å². The molecule has 0 amide bonds. The third-order valence-corrected chi connectivity index (χ3v) is 3.65. The van der Waals surface area contributed by atoms with Crippen LogP contribution in [0.4, 0.5) is 0 Å². The molecule has 0 heterocycles. The van der Waals surface area contributed by atoms with Crippen LogP contribution in [0.5, 0.6) is 0 Å². The smallest absolute Gasteiger partial charge is 0.0845 e. The minimum Gasteiger partial charge on any atom is -0.309 e. The van der Waals surface area contributed by atoms with E-state index in [1.165, 1.54) is 0 Å². The number of benzene rings is 1. The first kappa shape index (κ1) is 14.7. The van der Waals surface area contributed by atoms with Gasteiger partial charge in [0.1, 0.15) is 0 Å². The topological polar surface area (TPSA) is 27.0 Å². The lowest BCUT2D eigenvalue weighted by Crippen LogP contribution is -2.31. The summed E-state index contributed by atoms with van der Waals surface area (Å²) in [6.07, 6.45) is 1.97. The average Bonchev–Trinajstić information content (AvgIpc) is 2.35. The molecule has 0 N–H and O–H groups in total. The quantitative estimate of drug-likeness (QED) is 0.766. The summed E-state index contributed by atoms with van der Waals surface area (Å²) in [5.74, 6) is 0.326. The Kier molecular flexibility index (Phi) is 5.37. The van der Waals surface area contributed by atoms with E-state index in [0.717, 1.165) is 24.9 Å². The number of rotatable bonds is 6. The Morgan fingerprint density at radius 2 is 1.83 bits per heavy atom. The van der Waals surface area contributed by atoms with Gasteiger partial charge in [-0.2, -0.15) is 5.26 Å². The molecule has 0 bridgehead atoms. The van der Waals surface area contributed by atoms with Gasteiger partial charge in [-0.25, -0.2) is 0 Å². The van der Waals surface area contributed by atoms with Crippen molar-refractivity contribution in [1.82, 2.24) is 4.90 Å². The zero-order chi connectivity index (χ0) is 13.6. The minimum absolute atomic E-state index is 0.326. The zero-order valence-electron chi connectivity index (χ0n) is 12.0. The predicted molar refractivity (Wildman–Crippen MR) is 76.4 cm³/mol. The average molecular weight is 244 g/mol. The summed E-state index contributed by atoms with van der Waals surface area (Å²) in [4.78, 5) is 2.17. The van der Waals surface area contributed by atoms with E-state index >= 15 is 0 Å². The van der Waals surface area contributed by atoms with Crippen LogP contribution in [0.2, 0.25) is 0 Å². The van der Waals surface area contributed by atoms with Gasteiger partial charge in [-0.3, -0.25) is 0 Å². The Morgan fingerprint density at radius 3 is 2.28 bits per heavy atom. The maximum Gasteiger partial charge on any atom is 0.0845 e.